The van der Waals surface area contributed by atoms with Crippen LogP contribution >= 0.6 is 0 Å². The topological polar surface area (TPSA) is 154 Å². The Labute approximate surface area is 251 Å². The average molecular weight is 614 g/mol. The Kier molecular flexibility index (Phi) is 7.86. The third-order valence-electron chi connectivity index (χ3n) is 9.10. The molecule has 1 aromatic rings. The van der Waals surface area contributed by atoms with Crippen molar-refractivity contribution in [3.63, 3.8) is 0 Å². The first-order valence-electron chi connectivity index (χ1n) is 15.2. The van der Waals surface area contributed by atoms with Crippen LogP contribution in [0.4, 0.5) is 15.3 Å². The normalized spacial score (nSPS) is 30.0. The molecule has 6 rings (SSSR count). The van der Waals surface area contributed by atoms with Gasteiger partial charge in [-0.05, 0) is 63.5 Å². The van der Waals surface area contributed by atoms with Crippen molar-refractivity contribution in [3.05, 3.63) is 41.5 Å². The largest absolute Gasteiger partial charge is 0.444 e. The van der Waals surface area contributed by atoms with Crippen LogP contribution in [0, 0.1) is 12.8 Å². The van der Waals surface area contributed by atoms with E-state index in [4.69, 9.17) is 4.74 Å². The zero-order valence-corrected chi connectivity index (χ0v) is 25.2. The van der Waals surface area contributed by atoms with Crippen molar-refractivity contribution in [2.75, 3.05) is 24.5 Å². The summed E-state index contributed by atoms with van der Waals surface area (Å²) in [6.45, 7) is 2.93. The van der Waals surface area contributed by atoms with E-state index in [0.29, 0.717) is 32.4 Å². The van der Waals surface area contributed by atoms with Gasteiger partial charge in [0.2, 0.25) is 15.9 Å². The van der Waals surface area contributed by atoms with Gasteiger partial charge in [0.25, 0.3) is 5.91 Å². The molecular weight excluding hydrogens is 574 g/mol. The third-order valence-corrected chi connectivity index (χ3v) is 10.9. The van der Waals surface area contributed by atoms with Gasteiger partial charge < -0.3 is 20.3 Å². The zero-order chi connectivity index (χ0) is 30.4. The number of rotatable bonds is 4. The summed E-state index contributed by atoms with van der Waals surface area (Å²) in [7, 11) is -3.82. The van der Waals surface area contributed by atoms with Crippen LogP contribution in [-0.2, 0) is 30.8 Å². The van der Waals surface area contributed by atoms with E-state index in [1.807, 2.05) is 37.3 Å². The van der Waals surface area contributed by atoms with Crippen LogP contribution in [0.25, 0.3) is 0 Å². The average Bonchev–Trinajstić information content (AvgIpc) is 3.85. The number of ether oxygens (including phenoxy) is 1. The molecule has 1 aromatic carbocycles. The van der Waals surface area contributed by atoms with E-state index < -0.39 is 56.9 Å². The van der Waals surface area contributed by atoms with Gasteiger partial charge in [-0.3, -0.25) is 19.2 Å². The highest BCUT2D eigenvalue weighted by atomic mass is 32.2. The number of carbonyl (C=O) groups is 4. The molecule has 5 aliphatic rings. The maximum absolute atomic E-state index is 13.8. The van der Waals surface area contributed by atoms with Crippen LogP contribution in [-0.4, -0.2) is 79.8 Å². The Morgan fingerprint density at radius 1 is 1.14 bits per heavy atom. The lowest BCUT2D eigenvalue weighted by molar-refractivity contribution is -0.131. The number of allylic oxidation sites excluding steroid dienone is 1. The monoisotopic (exact) mass is 613 g/mol. The minimum atomic E-state index is -3.82. The smallest absolute Gasteiger partial charge is 0.414 e. The van der Waals surface area contributed by atoms with Gasteiger partial charge in [0, 0.05) is 25.4 Å². The highest BCUT2D eigenvalue weighted by molar-refractivity contribution is 7.91. The van der Waals surface area contributed by atoms with E-state index in [1.54, 1.807) is 4.90 Å². The Morgan fingerprint density at radius 3 is 2.74 bits per heavy atom. The van der Waals surface area contributed by atoms with Crippen LogP contribution < -0.4 is 20.3 Å². The third kappa shape index (κ3) is 6.09. The number of amides is 5. The number of urea groups is 1. The molecule has 0 spiro atoms. The number of hydrogen-bond donors (Lipinski definition) is 3. The van der Waals surface area contributed by atoms with E-state index in [0.717, 1.165) is 42.5 Å². The summed E-state index contributed by atoms with van der Waals surface area (Å²) in [4.78, 5) is 56.6. The highest BCUT2D eigenvalue weighted by Crippen LogP contribution is 2.46. The molecule has 0 aromatic heterocycles. The summed E-state index contributed by atoms with van der Waals surface area (Å²) in [6.07, 6.45) is 7.92. The van der Waals surface area contributed by atoms with Crippen LogP contribution in [0.1, 0.15) is 62.5 Å². The predicted octanol–water partition coefficient (Wildman–Crippen LogP) is 2.26. The fourth-order valence-corrected chi connectivity index (χ4v) is 7.73. The molecule has 0 radical (unpaired) electrons. The minimum absolute atomic E-state index is 0.0167. The fourth-order valence-electron chi connectivity index (χ4n) is 6.37. The quantitative estimate of drug-likeness (QED) is 0.440. The van der Waals surface area contributed by atoms with Gasteiger partial charge in [-0.25, -0.2) is 18.0 Å². The molecule has 13 heteroatoms. The summed E-state index contributed by atoms with van der Waals surface area (Å²) in [5.74, 6) is -1.71. The standard InChI is InChI=1S/C30H39N5O7S/c1-19-8-11-24-20(15-19)12-14-34(24)29(39)42-22-16-25-26(36)32-30(27(37)33-43(40,41)23-9-10-23)17-21(30)7-5-3-2-4-6-13-31-28(38)35(25)18-22/h5,7-8,11,15,21-23,25H,2-4,6,9-10,12-14,16-18H2,1H3,(H,31,38)(H,32,36)(H,33,37)/b7-5-. The molecule has 4 unspecified atom stereocenters. The number of nitrogens with one attached hydrogen (secondary N) is 3. The van der Waals surface area contributed by atoms with Gasteiger partial charge in [0.05, 0.1) is 17.5 Å². The number of benzene rings is 1. The predicted molar refractivity (Wildman–Crippen MR) is 158 cm³/mol. The first-order chi connectivity index (χ1) is 20.6. The molecule has 12 nitrogen and oxygen atoms in total. The van der Waals surface area contributed by atoms with Gasteiger partial charge in [0.15, 0.2) is 0 Å². The maximum Gasteiger partial charge on any atom is 0.414 e. The Morgan fingerprint density at radius 2 is 1.95 bits per heavy atom. The number of nitrogens with zero attached hydrogens (tertiary/aromatic N) is 2. The van der Waals surface area contributed by atoms with Crippen LogP contribution in [0.2, 0.25) is 0 Å². The summed E-state index contributed by atoms with van der Waals surface area (Å²) in [5.41, 5.74) is 1.54. The Balaban J connectivity index is 1.20. The van der Waals surface area contributed by atoms with Crippen molar-refractivity contribution in [1.82, 2.24) is 20.3 Å². The molecule has 5 amide bonds. The number of fused-ring (bicyclic) bond motifs is 3. The lowest BCUT2D eigenvalue weighted by Crippen LogP contribution is -2.57. The van der Waals surface area contributed by atoms with Crippen LogP contribution in [0.3, 0.4) is 0 Å². The Hall–Kier alpha value is -3.61. The van der Waals surface area contributed by atoms with Gasteiger partial charge in [-0.1, -0.05) is 36.3 Å². The summed E-state index contributed by atoms with van der Waals surface area (Å²) in [6, 6.07) is 4.43. The second kappa shape index (κ2) is 11.5. The van der Waals surface area contributed by atoms with Crippen molar-refractivity contribution in [2.24, 2.45) is 5.92 Å². The van der Waals surface area contributed by atoms with Gasteiger partial charge >= 0.3 is 12.1 Å². The zero-order valence-electron chi connectivity index (χ0n) is 24.3. The molecular formula is C30H39N5O7S. The Bertz CT molecular complexity index is 1460. The molecule has 3 N–H and O–H groups in total. The lowest BCUT2D eigenvalue weighted by Gasteiger charge is -2.26. The van der Waals surface area contributed by atoms with Gasteiger partial charge in [-0.15, -0.1) is 0 Å². The van der Waals surface area contributed by atoms with Crippen molar-refractivity contribution in [1.29, 1.82) is 0 Å². The molecule has 2 aliphatic carbocycles. The van der Waals surface area contributed by atoms with E-state index >= 15 is 0 Å². The summed E-state index contributed by atoms with van der Waals surface area (Å²) < 4.78 is 33.2. The number of hydrogen-bond acceptors (Lipinski definition) is 7. The van der Waals surface area contributed by atoms with Gasteiger partial charge in [0.1, 0.15) is 17.7 Å². The molecule has 1 saturated heterocycles. The SMILES string of the molecule is Cc1ccc2c(c1)CCN2C(=O)OC1CC2C(=O)NC3(C(=O)NS(=O)(=O)C4CC4)CC3/C=C\CCCCCNC(=O)N2C1. The second-order valence-electron chi connectivity index (χ2n) is 12.4. The van der Waals surface area contributed by atoms with E-state index in [-0.39, 0.29) is 25.3 Å². The number of carbonyl (C=O) groups excluding carboxylic acids is 4. The summed E-state index contributed by atoms with van der Waals surface area (Å²) in [5, 5.41) is 5.11. The highest BCUT2D eigenvalue weighted by Gasteiger charge is 2.62. The van der Waals surface area contributed by atoms with Crippen LogP contribution in [0.5, 0.6) is 0 Å². The lowest BCUT2D eigenvalue weighted by atomic mass is 10.1. The molecule has 3 aliphatic heterocycles. The van der Waals surface area contributed by atoms with E-state index in [2.05, 4.69) is 15.4 Å². The van der Waals surface area contributed by atoms with Crippen molar-refractivity contribution >= 4 is 39.6 Å². The van der Waals surface area contributed by atoms with Gasteiger partial charge in [-0.2, -0.15) is 0 Å². The first kappa shape index (κ1) is 29.5. The van der Waals surface area contributed by atoms with Crippen molar-refractivity contribution in [2.45, 2.75) is 87.6 Å². The molecule has 3 heterocycles. The second-order valence-corrected chi connectivity index (χ2v) is 14.4. The van der Waals surface area contributed by atoms with Crippen LogP contribution in [0.15, 0.2) is 30.4 Å². The van der Waals surface area contributed by atoms with Crippen molar-refractivity contribution in [3.8, 4) is 0 Å². The molecule has 43 heavy (non-hydrogen) atoms. The summed E-state index contributed by atoms with van der Waals surface area (Å²) >= 11 is 0. The molecule has 4 atom stereocenters. The number of anilines is 1. The molecule has 2 saturated carbocycles. The molecule has 3 fully saturated rings. The molecule has 0 bridgehead atoms. The van der Waals surface area contributed by atoms with E-state index in [1.165, 1.54) is 4.90 Å². The van der Waals surface area contributed by atoms with Crippen molar-refractivity contribution < 1.29 is 32.3 Å². The maximum atomic E-state index is 13.8. The fraction of sp³-hybridized carbons (Fsp3) is 0.600. The number of sulfonamides is 1. The number of aryl methyl sites for hydroxylation is 1. The first-order valence-corrected chi connectivity index (χ1v) is 16.8. The van der Waals surface area contributed by atoms with E-state index in [9.17, 15) is 27.6 Å². The molecule has 232 valence electrons. The minimum Gasteiger partial charge on any atom is -0.444 e.